The first-order valence-corrected chi connectivity index (χ1v) is 31.7. The number of esters is 1. The summed E-state index contributed by atoms with van der Waals surface area (Å²) in [5.74, 6) is -1.71. The molecular weight excluding hydrogens is 1100 g/mol. The normalized spacial score (nSPS) is 31.3. The number of aromatic nitrogens is 2. The van der Waals surface area contributed by atoms with E-state index in [1.807, 2.05) is 69.9 Å². The van der Waals surface area contributed by atoms with E-state index >= 15 is 0 Å². The molecule has 21 nitrogen and oxygen atoms in total. The maximum Gasteiger partial charge on any atom is 0.407 e. The number of rotatable bonds is 14. The largest absolute Gasteiger partial charge is 0.461 e. The monoisotopic (exact) mass is 1200 g/mol. The molecule has 2 bridgehead atoms. The lowest BCUT2D eigenvalue weighted by Crippen LogP contribution is -2.54. The number of amides is 4. The van der Waals surface area contributed by atoms with Crippen LogP contribution in [0.2, 0.25) is 0 Å². The fourth-order valence-electron chi connectivity index (χ4n) is 12.5. The molecular formula is C65H100N8O13. The van der Waals surface area contributed by atoms with Crippen molar-refractivity contribution in [2.45, 2.75) is 200 Å². The molecule has 478 valence electrons. The highest BCUT2D eigenvalue weighted by molar-refractivity contribution is 6.38. The van der Waals surface area contributed by atoms with Gasteiger partial charge in [-0.3, -0.25) is 28.9 Å². The number of allylic oxidation sites excluding steroid dienone is 5. The first kappa shape index (κ1) is 69.2. The van der Waals surface area contributed by atoms with Crippen LogP contribution in [0.15, 0.2) is 60.0 Å². The van der Waals surface area contributed by atoms with E-state index in [-0.39, 0.29) is 92.2 Å². The summed E-state index contributed by atoms with van der Waals surface area (Å²) in [6, 6.07) is -0.950. The van der Waals surface area contributed by atoms with E-state index in [2.05, 4.69) is 33.6 Å². The number of aliphatic hydroxyl groups is 1. The quantitative estimate of drug-likeness (QED) is 0.0963. The summed E-state index contributed by atoms with van der Waals surface area (Å²) >= 11 is 0. The van der Waals surface area contributed by atoms with Crippen molar-refractivity contribution >= 4 is 47.3 Å². The molecule has 1 saturated carbocycles. The second-order valence-electron chi connectivity index (χ2n) is 24.7. The van der Waals surface area contributed by atoms with Gasteiger partial charge in [0.1, 0.15) is 30.1 Å². The van der Waals surface area contributed by atoms with Crippen LogP contribution >= 0.6 is 0 Å². The van der Waals surface area contributed by atoms with Crippen molar-refractivity contribution in [3.63, 3.8) is 0 Å². The van der Waals surface area contributed by atoms with Crippen molar-refractivity contribution in [1.29, 1.82) is 0 Å². The molecule has 86 heavy (non-hydrogen) atoms. The standard InChI is InChI=1S/C65H100N8O13/c1-10-66-59(76)41-70(7)42-60(77)71-29-31-72(32-30-71)64-67-38-49(39-68-64)40-69-65(81)86-50-25-22-48(23-26-50)24-27-52-36-58(83-9)47(6)34-46(5)55(75)37-54(74)45(4)33-43(2)17-12-11-13-18-44(3)57(82-8)35-51-19-16-21-56(84-51)61(78)62(79)73-28-15-14-20-53(73)63(80)85-52/h11-13,17-18,34,38-39,43,45,47-48,50-53,55-58,75H,10,14-16,19-33,35-37,40-42H2,1-9H3,(H,66,76)(H,69,81)/b13-11+,17-12+,44-18+,46-34+/t43-,45-,47-,48-,50-,51?,52-,53+,55+,56?,57+,58-/m1/s1. The number of nitrogens with one attached hydrogen (secondary N) is 2. The summed E-state index contributed by atoms with van der Waals surface area (Å²) in [6.45, 7) is 15.0. The molecule has 4 amide bonds. The Bertz CT molecular complexity index is 2510. The number of nitrogens with zero attached hydrogens (tertiary/aromatic N) is 6. The molecule has 3 N–H and O–H groups in total. The second kappa shape index (κ2) is 35.2. The van der Waals surface area contributed by atoms with Gasteiger partial charge in [0, 0.05) is 109 Å². The molecule has 4 aliphatic heterocycles. The number of carbonyl (C=O) groups is 7. The Kier molecular flexibility index (Phi) is 28.3. The number of aliphatic hydroxyl groups excluding tert-OH is 1. The van der Waals surface area contributed by atoms with E-state index in [0.717, 1.165) is 24.8 Å². The number of ketones is 2. The third kappa shape index (κ3) is 21.8. The zero-order valence-electron chi connectivity index (χ0n) is 52.8. The number of hydrogen-bond donors (Lipinski definition) is 3. The summed E-state index contributed by atoms with van der Waals surface area (Å²) < 4.78 is 30.7. The first-order chi connectivity index (χ1) is 41.2. The van der Waals surface area contributed by atoms with E-state index in [9.17, 15) is 38.7 Å². The molecule has 3 saturated heterocycles. The summed E-state index contributed by atoms with van der Waals surface area (Å²) in [4.78, 5) is 110. The predicted octanol–water partition coefficient (Wildman–Crippen LogP) is 7.01. The van der Waals surface area contributed by atoms with Crippen LogP contribution in [0, 0.1) is 23.7 Å². The van der Waals surface area contributed by atoms with Gasteiger partial charge in [-0.15, -0.1) is 0 Å². The van der Waals surface area contributed by atoms with Crippen LogP contribution in [-0.4, -0.2) is 194 Å². The minimum absolute atomic E-state index is 0.0143. The Morgan fingerprint density at radius 1 is 0.802 bits per heavy atom. The second-order valence-corrected chi connectivity index (χ2v) is 24.7. The van der Waals surface area contributed by atoms with Crippen LogP contribution < -0.4 is 15.5 Å². The maximum absolute atomic E-state index is 14.5. The summed E-state index contributed by atoms with van der Waals surface area (Å²) in [5.41, 5.74) is 2.33. The fraction of sp³-hybridized carbons (Fsp3) is 0.708. The van der Waals surface area contributed by atoms with E-state index in [1.165, 1.54) is 4.90 Å². The number of carbonyl (C=O) groups excluding carboxylic acids is 7. The third-order valence-electron chi connectivity index (χ3n) is 17.8. The molecule has 2 unspecified atom stereocenters. The number of hydrogen-bond acceptors (Lipinski definition) is 17. The number of fused-ring (bicyclic) bond motifs is 3. The Balaban J connectivity index is 1.06. The number of Topliss-reactive ketones (excluding diaryl/α,β-unsaturated/α-hetero) is 2. The molecule has 10 atom stereocenters. The molecule has 0 radical (unpaired) electrons. The number of anilines is 1. The molecule has 4 fully saturated rings. The molecule has 5 heterocycles. The Morgan fingerprint density at radius 2 is 1.53 bits per heavy atom. The average molecular weight is 1200 g/mol. The van der Waals surface area contributed by atoms with Gasteiger partial charge in [-0.1, -0.05) is 57.2 Å². The van der Waals surface area contributed by atoms with Crippen LogP contribution in [0.25, 0.3) is 0 Å². The molecule has 1 aromatic heterocycles. The molecule has 0 spiro atoms. The van der Waals surface area contributed by atoms with Crippen molar-refractivity contribution < 1.29 is 62.4 Å². The first-order valence-electron chi connectivity index (χ1n) is 31.7. The number of ether oxygens (including phenoxy) is 5. The number of cyclic esters (lactones) is 1. The Morgan fingerprint density at radius 3 is 2.23 bits per heavy atom. The molecule has 21 heteroatoms. The highest BCUT2D eigenvalue weighted by Gasteiger charge is 2.42. The van der Waals surface area contributed by atoms with Crippen LogP contribution in [0.4, 0.5) is 10.7 Å². The maximum atomic E-state index is 14.5. The van der Waals surface area contributed by atoms with Crippen molar-refractivity contribution in [3.05, 3.63) is 65.6 Å². The highest BCUT2D eigenvalue weighted by atomic mass is 16.6. The minimum atomic E-state index is -0.984. The minimum Gasteiger partial charge on any atom is -0.461 e. The third-order valence-corrected chi connectivity index (χ3v) is 17.8. The van der Waals surface area contributed by atoms with Crippen molar-refractivity contribution in [3.8, 4) is 0 Å². The molecule has 1 aliphatic carbocycles. The molecule has 0 aromatic carbocycles. The van der Waals surface area contributed by atoms with Crippen LogP contribution in [-0.2, 0) is 59.0 Å². The van der Waals surface area contributed by atoms with Gasteiger partial charge in [0.25, 0.3) is 5.91 Å². The lowest BCUT2D eigenvalue weighted by Gasteiger charge is -2.37. The topological polar surface area (TPSA) is 249 Å². The van der Waals surface area contributed by atoms with Crippen molar-refractivity contribution in [1.82, 2.24) is 35.3 Å². The summed E-state index contributed by atoms with van der Waals surface area (Å²) in [6.07, 6.45) is 19.9. The van der Waals surface area contributed by atoms with E-state index < -0.39 is 54.2 Å². The van der Waals surface area contributed by atoms with Gasteiger partial charge in [0.2, 0.25) is 23.5 Å². The number of likely N-dealkylation sites (N-methyl/N-ethyl adjacent to an activating group) is 2. The highest BCUT2D eigenvalue weighted by Crippen LogP contribution is 2.33. The number of alkyl carbamates (subject to hydrolysis) is 1. The van der Waals surface area contributed by atoms with Crippen LogP contribution in [0.1, 0.15) is 150 Å². The van der Waals surface area contributed by atoms with E-state index in [0.29, 0.717) is 127 Å². The lowest BCUT2D eigenvalue weighted by molar-refractivity contribution is -0.168. The smallest absolute Gasteiger partial charge is 0.407 e. The molecule has 6 rings (SSSR count). The molecule has 1 aromatic rings. The average Bonchev–Trinajstić information content (AvgIpc) is 3.71. The Hall–Kier alpha value is -5.87. The van der Waals surface area contributed by atoms with Gasteiger partial charge in [0.05, 0.1) is 37.5 Å². The fourth-order valence-corrected chi connectivity index (χ4v) is 12.5. The zero-order chi connectivity index (χ0) is 62.3. The number of methoxy groups -OCH3 is 2. The van der Waals surface area contributed by atoms with Crippen molar-refractivity contribution in [2.24, 2.45) is 23.7 Å². The number of piperazine rings is 1. The van der Waals surface area contributed by atoms with E-state index in [4.69, 9.17) is 23.7 Å². The van der Waals surface area contributed by atoms with Gasteiger partial charge in [0.15, 0.2) is 0 Å². The SMILES string of the molecule is CCNC(=O)CN(C)CC(=O)N1CCN(c2ncc(CNC(=O)O[C@H]3CC[C@H](CC[C@@H]4C[C@@H](OC)[C@H](C)/C=C(\C)[C@@H](O)CC(=O)[C@H](C)C[C@H](C)/C=C/C=C/C=C(\C)[C@@H](OC)CC5CCCC(O5)C(=O)C(=O)N5CCCC[C@H]5C(=O)O4)CC3)cn2)CC1. The van der Waals surface area contributed by atoms with Gasteiger partial charge in [-0.2, -0.15) is 0 Å². The molecule has 5 aliphatic rings. The van der Waals surface area contributed by atoms with E-state index in [1.54, 1.807) is 43.5 Å². The van der Waals surface area contributed by atoms with Gasteiger partial charge in [-0.25, -0.2) is 19.6 Å². The lowest BCUT2D eigenvalue weighted by atomic mass is 9.83. The number of piperidine rings is 1. The van der Waals surface area contributed by atoms with Gasteiger partial charge >= 0.3 is 12.1 Å². The van der Waals surface area contributed by atoms with Crippen molar-refractivity contribution in [2.75, 3.05) is 78.5 Å². The summed E-state index contributed by atoms with van der Waals surface area (Å²) in [7, 11) is 5.01. The van der Waals surface area contributed by atoms with Gasteiger partial charge in [-0.05, 0) is 134 Å². The van der Waals surface area contributed by atoms with Crippen LogP contribution in [0.5, 0.6) is 0 Å². The van der Waals surface area contributed by atoms with Crippen LogP contribution in [0.3, 0.4) is 0 Å². The Labute approximate surface area is 510 Å². The zero-order valence-corrected chi connectivity index (χ0v) is 52.8. The predicted molar refractivity (Wildman–Crippen MR) is 326 cm³/mol. The summed E-state index contributed by atoms with van der Waals surface area (Å²) in [5, 5.41) is 16.9. The van der Waals surface area contributed by atoms with Gasteiger partial charge < -0.3 is 54.1 Å².